The van der Waals surface area contributed by atoms with Gasteiger partial charge in [0, 0.05) is 3.57 Å². The van der Waals surface area contributed by atoms with Crippen LogP contribution in [0.3, 0.4) is 0 Å². The minimum Gasteiger partial charge on any atom is -0.462 e. The van der Waals surface area contributed by atoms with Gasteiger partial charge in [0.15, 0.2) is 0 Å². The Labute approximate surface area is 131 Å². The highest BCUT2D eigenvalue weighted by Crippen LogP contribution is 2.27. The number of hydrogen-bond acceptors (Lipinski definition) is 3. The highest BCUT2D eigenvalue weighted by molar-refractivity contribution is 14.1. The van der Waals surface area contributed by atoms with Gasteiger partial charge >= 0.3 is 5.97 Å². The summed E-state index contributed by atoms with van der Waals surface area (Å²) in [5.41, 5.74) is 3.08. The van der Waals surface area contributed by atoms with Gasteiger partial charge in [-0.3, -0.25) is 0 Å². The van der Waals surface area contributed by atoms with E-state index in [0.717, 1.165) is 14.7 Å². The van der Waals surface area contributed by atoms with Crippen molar-refractivity contribution in [3.63, 3.8) is 0 Å². The van der Waals surface area contributed by atoms with E-state index < -0.39 is 0 Å². The van der Waals surface area contributed by atoms with E-state index in [4.69, 9.17) is 10.00 Å². The molecular weight excluding hydrogens is 365 g/mol. The van der Waals surface area contributed by atoms with Crippen molar-refractivity contribution in [1.29, 1.82) is 5.26 Å². The molecule has 0 radical (unpaired) electrons. The maximum atomic E-state index is 11.8. The minimum atomic E-state index is -0.321. The van der Waals surface area contributed by atoms with Crippen LogP contribution in [0.5, 0.6) is 0 Å². The Kier molecular flexibility index (Phi) is 4.74. The molecule has 0 saturated carbocycles. The van der Waals surface area contributed by atoms with E-state index in [-0.39, 0.29) is 5.97 Å². The fourth-order valence-corrected chi connectivity index (χ4v) is 2.46. The first kappa shape index (κ1) is 14.5. The highest BCUT2D eigenvalue weighted by atomic mass is 127. The Bertz CT molecular complexity index is 672. The second-order valence-electron chi connectivity index (χ2n) is 4.10. The number of rotatable bonds is 3. The van der Waals surface area contributed by atoms with Crippen LogP contribution in [0.1, 0.15) is 22.8 Å². The fraction of sp³-hybridized carbons (Fsp3) is 0.125. The normalized spacial score (nSPS) is 9.85. The van der Waals surface area contributed by atoms with Gasteiger partial charge in [0.2, 0.25) is 0 Å². The van der Waals surface area contributed by atoms with E-state index in [1.807, 2.05) is 24.3 Å². The smallest absolute Gasteiger partial charge is 0.338 e. The van der Waals surface area contributed by atoms with E-state index in [0.29, 0.717) is 17.7 Å². The molecule has 2 aromatic rings. The zero-order valence-electron chi connectivity index (χ0n) is 10.9. The van der Waals surface area contributed by atoms with Crippen molar-refractivity contribution in [2.45, 2.75) is 6.92 Å². The molecule has 20 heavy (non-hydrogen) atoms. The number of halogens is 1. The number of hydrogen-bond donors (Lipinski definition) is 0. The molecule has 0 N–H and O–H groups in total. The van der Waals surface area contributed by atoms with Crippen LogP contribution in [0.4, 0.5) is 0 Å². The molecule has 0 aliphatic carbocycles. The van der Waals surface area contributed by atoms with Crippen LogP contribution in [-0.4, -0.2) is 12.6 Å². The predicted molar refractivity (Wildman–Crippen MR) is 85.3 cm³/mol. The predicted octanol–water partition coefficient (Wildman–Crippen LogP) is 4.01. The lowest BCUT2D eigenvalue weighted by atomic mass is 10.0. The monoisotopic (exact) mass is 377 g/mol. The molecule has 2 aromatic carbocycles. The van der Waals surface area contributed by atoms with Crippen molar-refractivity contribution in [3.8, 4) is 17.2 Å². The summed E-state index contributed by atoms with van der Waals surface area (Å²) in [5, 5.41) is 8.82. The average Bonchev–Trinajstić information content (AvgIpc) is 2.48. The lowest BCUT2D eigenvalue weighted by Crippen LogP contribution is -2.04. The van der Waals surface area contributed by atoms with Crippen molar-refractivity contribution in [1.82, 2.24) is 0 Å². The van der Waals surface area contributed by atoms with Gasteiger partial charge in [0.05, 0.1) is 23.8 Å². The Balaban J connectivity index is 2.42. The number of benzene rings is 2. The van der Waals surface area contributed by atoms with Crippen molar-refractivity contribution >= 4 is 28.6 Å². The van der Waals surface area contributed by atoms with Crippen molar-refractivity contribution in [3.05, 3.63) is 57.2 Å². The first-order valence-electron chi connectivity index (χ1n) is 6.13. The SMILES string of the molecule is CCOC(=O)c1ccc(I)c(-c2ccc(C#N)cc2)c1. The van der Waals surface area contributed by atoms with Crippen molar-refractivity contribution < 1.29 is 9.53 Å². The molecule has 0 heterocycles. The topological polar surface area (TPSA) is 50.1 Å². The second kappa shape index (κ2) is 6.53. The molecule has 0 spiro atoms. The van der Waals surface area contributed by atoms with Crippen molar-refractivity contribution in [2.75, 3.05) is 6.61 Å². The molecule has 0 amide bonds. The minimum absolute atomic E-state index is 0.321. The van der Waals surface area contributed by atoms with E-state index >= 15 is 0 Å². The zero-order chi connectivity index (χ0) is 14.5. The number of nitriles is 1. The molecule has 0 unspecified atom stereocenters. The molecule has 0 aliphatic heterocycles. The van der Waals surface area contributed by atoms with Gasteiger partial charge in [-0.2, -0.15) is 5.26 Å². The summed E-state index contributed by atoms with van der Waals surface area (Å²) in [7, 11) is 0. The molecule has 0 aromatic heterocycles. The highest BCUT2D eigenvalue weighted by Gasteiger charge is 2.10. The summed E-state index contributed by atoms with van der Waals surface area (Å²) < 4.78 is 6.05. The van der Waals surface area contributed by atoms with Crippen LogP contribution in [0.25, 0.3) is 11.1 Å². The van der Waals surface area contributed by atoms with E-state index in [9.17, 15) is 4.79 Å². The quantitative estimate of drug-likeness (QED) is 0.600. The van der Waals surface area contributed by atoms with E-state index in [1.165, 1.54) is 0 Å². The summed E-state index contributed by atoms with van der Waals surface area (Å²) in [4.78, 5) is 11.8. The standard InChI is InChI=1S/C16H12INO2/c1-2-20-16(19)13-7-8-15(17)14(9-13)12-5-3-11(10-18)4-6-12/h3-9H,2H2,1H3. The summed E-state index contributed by atoms with van der Waals surface area (Å²) in [6.07, 6.45) is 0. The summed E-state index contributed by atoms with van der Waals surface area (Å²) in [5.74, 6) is -0.321. The number of nitrogens with zero attached hydrogens (tertiary/aromatic N) is 1. The average molecular weight is 377 g/mol. The van der Waals surface area contributed by atoms with Gasteiger partial charge in [-0.05, 0) is 71.0 Å². The lowest BCUT2D eigenvalue weighted by Gasteiger charge is -2.08. The third-order valence-electron chi connectivity index (χ3n) is 2.80. The molecule has 0 bridgehead atoms. The molecular formula is C16H12INO2. The van der Waals surface area contributed by atoms with Crippen LogP contribution in [-0.2, 0) is 4.74 Å². The zero-order valence-corrected chi connectivity index (χ0v) is 13.0. The molecule has 0 atom stereocenters. The van der Waals surface area contributed by atoms with Crippen molar-refractivity contribution in [2.24, 2.45) is 0 Å². The second-order valence-corrected chi connectivity index (χ2v) is 5.27. The van der Waals surface area contributed by atoms with Crippen LogP contribution in [0.15, 0.2) is 42.5 Å². The van der Waals surface area contributed by atoms with Gasteiger partial charge in [0.25, 0.3) is 0 Å². The van der Waals surface area contributed by atoms with Gasteiger partial charge in [-0.1, -0.05) is 12.1 Å². The molecule has 4 heteroatoms. The van der Waals surface area contributed by atoms with E-state index in [1.54, 1.807) is 25.1 Å². The number of ether oxygens (including phenoxy) is 1. The largest absolute Gasteiger partial charge is 0.462 e. The Morgan fingerprint density at radius 3 is 2.55 bits per heavy atom. The fourth-order valence-electron chi connectivity index (χ4n) is 1.81. The molecule has 3 nitrogen and oxygen atoms in total. The molecule has 0 fully saturated rings. The third kappa shape index (κ3) is 3.17. The van der Waals surface area contributed by atoms with Gasteiger partial charge in [-0.15, -0.1) is 0 Å². The molecule has 0 aliphatic rings. The molecule has 100 valence electrons. The van der Waals surface area contributed by atoms with Gasteiger partial charge < -0.3 is 4.74 Å². The van der Waals surface area contributed by atoms with Crippen LogP contribution in [0.2, 0.25) is 0 Å². The Morgan fingerprint density at radius 2 is 1.95 bits per heavy atom. The van der Waals surface area contributed by atoms with Gasteiger partial charge in [0.1, 0.15) is 0 Å². The van der Waals surface area contributed by atoms with Crippen LogP contribution >= 0.6 is 22.6 Å². The molecule has 2 rings (SSSR count). The Morgan fingerprint density at radius 1 is 1.25 bits per heavy atom. The summed E-state index contributed by atoms with van der Waals surface area (Å²) in [6, 6.07) is 14.8. The number of esters is 1. The maximum absolute atomic E-state index is 11.8. The lowest BCUT2D eigenvalue weighted by molar-refractivity contribution is 0.0526. The van der Waals surface area contributed by atoms with Gasteiger partial charge in [-0.25, -0.2) is 4.79 Å². The maximum Gasteiger partial charge on any atom is 0.338 e. The first-order chi connectivity index (χ1) is 9.65. The summed E-state index contributed by atoms with van der Waals surface area (Å²) in [6.45, 7) is 2.14. The first-order valence-corrected chi connectivity index (χ1v) is 7.20. The summed E-state index contributed by atoms with van der Waals surface area (Å²) >= 11 is 2.23. The molecule has 0 saturated heterocycles. The Hall–Kier alpha value is -1.87. The van der Waals surface area contributed by atoms with Crippen LogP contribution in [0, 0.1) is 14.9 Å². The number of carbonyl (C=O) groups excluding carboxylic acids is 1. The third-order valence-corrected chi connectivity index (χ3v) is 3.74. The van der Waals surface area contributed by atoms with E-state index in [2.05, 4.69) is 28.7 Å². The number of carbonyl (C=O) groups is 1. The van der Waals surface area contributed by atoms with Crippen LogP contribution < -0.4 is 0 Å².